The van der Waals surface area contributed by atoms with Gasteiger partial charge in [0.1, 0.15) is 0 Å². The van der Waals surface area contributed by atoms with Gasteiger partial charge in [0.05, 0.1) is 17.3 Å². The molecule has 0 spiro atoms. The highest BCUT2D eigenvalue weighted by molar-refractivity contribution is 6.38. The Morgan fingerprint density at radius 3 is 2.34 bits per heavy atom. The van der Waals surface area contributed by atoms with Crippen LogP contribution in [0.15, 0.2) is 42.5 Å². The molecule has 29 heavy (non-hydrogen) atoms. The number of halogens is 2. The van der Waals surface area contributed by atoms with Crippen LogP contribution in [-0.2, 0) is 9.59 Å². The quantitative estimate of drug-likeness (QED) is 0.684. The van der Waals surface area contributed by atoms with Crippen LogP contribution >= 0.6 is 23.2 Å². The molecule has 0 saturated carbocycles. The van der Waals surface area contributed by atoms with Crippen molar-refractivity contribution in [1.29, 1.82) is 0 Å². The predicted octanol–water partition coefficient (Wildman–Crippen LogP) is 3.45. The van der Waals surface area contributed by atoms with E-state index >= 15 is 0 Å². The Hall–Kier alpha value is -2.83. The summed E-state index contributed by atoms with van der Waals surface area (Å²) < 4.78 is 0. The second kappa shape index (κ2) is 10.1. The van der Waals surface area contributed by atoms with Crippen LogP contribution in [0.5, 0.6) is 0 Å². The molecule has 8 heteroatoms. The summed E-state index contributed by atoms with van der Waals surface area (Å²) in [4.78, 5) is 37.2. The largest absolute Gasteiger partial charge is 0.355 e. The van der Waals surface area contributed by atoms with Gasteiger partial charge in [0.15, 0.2) is 0 Å². The van der Waals surface area contributed by atoms with Gasteiger partial charge in [0, 0.05) is 30.8 Å². The number of rotatable bonds is 6. The molecule has 152 valence electrons. The van der Waals surface area contributed by atoms with Crippen molar-refractivity contribution in [2.75, 3.05) is 25.5 Å². The smallest absolute Gasteiger partial charge is 0.251 e. The number of carbonyl (C=O) groups excluding carboxylic acids is 3. The van der Waals surface area contributed by atoms with Crippen LogP contribution < -0.4 is 15.5 Å². The minimum Gasteiger partial charge on any atom is -0.355 e. The van der Waals surface area contributed by atoms with Crippen molar-refractivity contribution in [3.8, 4) is 0 Å². The van der Waals surface area contributed by atoms with Gasteiger partial charge in [-0.05, 0) is 48.4 Å². The Kier molecular flexibility index (Phi) is 7.82. The molecule has 0 fully saturated rings. The SMILES string of the molecule is CNC(=O)c1ccc(C=CC(=O)NCC(=O)N(C)c2ccc(Cl)c(C)c2Cl)cc1. The van der Waals surface area contributed by atoms with Crippen LogP contribution in [0.2, 0.25) is 10.0 Å². The second-order valence-electron chi connectivity index (χ2n) is 6.21. The molecule has 0 aromatic heterocycles. The summed E-state index contributed by atoms with van der Waals surface area (Å²) in [7, 11) is 3.13. The monoisotopic (exact) mass is 433 g/mol. The molecule has 0 aliphatic rings. The molecular weight excluding hydrogens is 413 g/mol. The zero-order chi connectivity index (χ0) is 21.6. The Labute approximate surface area is 179 Å². The molecule has 0 radical (unpaired) electrons. The molecule has 0 aliphatic carbocycles. The molecule has 2 N–H and O–H groups in total. The molecule has 2 aromatic rings. The first-order chi connectivity index (χ1) is 13.7. The molecule has 0 aliphatic heterocycles. The Bertz CT molecular complexity index is 956. The molecule has 0 bridgehead atoms. The first-order valence-corrected chi connectivity index (χ1v) is 9.49. The van der Waals surface area contributed by atoms with Crippen molar-refractivity contribution in [3.05, 3.63) is 69.2 Å². The molecule has 6 nitrogen and oxygen atoms in total. The lowest BCUT2D eigenvalue weighted by Gasteiger charge is -2.20. The van der Waals surface area contributed by atoms with Gasteiger partial charge in [-0.1, -0.05) is 35.3 Å². The zero-order valence-electron chi connectivity index (χ0n) is 16.3. The minimum atomic E-state index is -0.416. The normalized spacial score (nSPS) is 10.7. The third-order valence-electron chi connectivity index (χ3n) is 4.28. The number of carbonyl (C=O) groups is 3. The van der Waals surface area contributed by atoms with Crippen LogP contribution in [0, 0.1) is 6.92 Å². The standard InChI is InChI=1S/C21H21Cl2N3O3/c1-13-16(22)9-10-17(20(13)23)26(3)19(28)12-25-18(27)11-6-14-4-7-15(8-5-14)21(29)24-2/h4-11H,12H2,1-3H3,(H,24,29)(H,25,27). The van der Waals surface area contributed by atoms with Crippen LogP contribution in [0.4, 0.5) is 5.69 Å². The van der Waals surface area contributed by atoms with Gasteiger partial charge >= 0.3 is 0 Å². The molecule has 0 saturated heterocycles. The Morgan fingerprint density at radius 1 is 1.07 bits per heavy atom. The maximum atomic E-state index is 12.4. The highest BCUT2D eigenvalue weighted by atomic mass is 35.5. The van der Waals surface area contributed by atoms with E-state index in [1.165, 1.54) is 11.0 Å². The number of likely N-dealkylation sites (N-methyl/N-ethyl adjacent to an activating group) is 1. The fourth-order valence-electron chi connectivity index (χ4n) is 2.44. The fourth-order valence-corrected chi connectivity index (χ4v) is 2.94. The molecule has 0 atom stereocenters. The number of nitrogens with zero attached hydrogens (tertiary/aromatic N) is 1. The van der Waals surface area contributed by atoms with Gasteiger partial charge in [0.25, 0.3) is 5.91 Å². The predicted molar refractivity (Wildman–Crippen MR) is 116 cm³/mol. The van der Waals surface area contributed by atoms with Crippen LogP contribution in [0.3, 0.4) is 0 Å². The third kappa shape index (κ3) is 5.82. The fraction of sp³-hybridized carbons (Fsp3) is 0.190. The number of amides is 3. The van der Waals surface area contributed by atoms with Gasteiger partial charge in [-0.3, -0.25) is 14.4 Å². The number of hydrogen-bond donors (Lipinski definition) is 2. The molecule has 0 heterocycles. The molecule has 2 rings (SSSR count). The van der Waals surface area contributed by atoms with E-state index in [1.54, 1.807) is 63.5 Å². The second-order valence-corrected chi connectivity index (χ2v) is 7.00. The van der Waals surface area contributed by atoms with Crippen molar-refractivity contribution in [2.45, 2.75) is 6.92 Å². The van der Waals surface area contributed by atoms with E-state index in [0.29, 0.717) is 26.9 Å². The van der Waals surface area contributed by atoms with Crippen molar-refractivity contribution in [2.24, 2.45) is 0 Å². The molecular formula is C21H21Cl2N3O3. The van der Waals surface area contributed by atoms with Crippen LogP contribution in [0.1, 0.15) is 21.5 Å². The topological polar surface area (TPSA) is 78.5 Å². The van der Waals surface area contributed by atoms with Crippen LogP contribution in [0.25, 0.3) is 6.08 Å². The van der Waals surface area contributed by atoms with E-state index in [1.807, 2.05) is 0 Å². The number of anilines is 1. The lowest BCUT2D eigenvalue weighted by atomic mass is 10.1. The summed E-state index contributed by atoms with van der Waals surface area (Å²) in [5.74, 6) is -0.928. The van der Waals surface area contributed by atoms with E-state index in [-0.39, 0.29) is 18.4 Å². The number of nitrogens with one attached hydrogen (secondary N) is 2. The van der Waals surface area contributed by atoms with E-state index < -0.39 is 5.91 Å². The Balaban J connectivity index is 1.93. The first kappa shape index (κ1) is 22.5. The third-order valence-corrected chi connectivity index (χ3v) is 5.16. The Morgan fingerprint density at radius 2 is 1.72 bits per heavy atom. The van der Waals surface area contributed by atoms with Gasteiger partial charge in [0.2, 0.25) is 11.8 Å². The van der Waals surface area contributed by atoms with Gasteiger partial charge in [-0.2, -0.15) is 0 Å². The maximum Gasteiger partial charge on any atom is 0.251 e. The van der Waals surface area contributed by atoms with Crippen molar-refractivity contribution in [3.63, 3.8) is 0 Å². The van der Waals surface area contributed by atoms with Crippen molar-refractivity contribution < 1.29 is 14.4 Å². The van der Waals surface area contributed by atoms with Gasteiger partial charge < -0.3 is 15.5 Å². The minimum absolute atomic E-state index is 0.183. The number of hydrogen-bond acceptors (Lipinski definition) is 3. The van der Waals surface area contributed by atoms with Crippen molar-refractivity contribution in [1.82, 2.24) is 10.6 Å². The summed E-state index contributed by atoms with van der Waals surface area (Å²) in [6.07, 6.45) is 2.91. The van der Waals surface area contributed by atoms with Crippen LogP contribution in [-0.4, -0.2) is 38.4 Å². The summed E-state index contributed by atoms with van der Waals surface area (Å²) in [5.41, 5.74) is 2.47. The van der Waals surface area contributed by atoms with E-state index in [0.717, 1.165) is 5.56 Å². The highest BCUT2D eigenvalue weighted by Gasteiger charge is 2.16. The average Bonchev–Trinajstić information content (AvgIpc) is 2.73. The molecule has 2 aromatic carbocycles. The summed E-state index contributed by atoms with van der Waals surface area (Å²) in [6.45, 7) is 1.58. The number of benzene rings is 2. The van der Waals surface area contributed by atoms with E-state index in [2.05, 4.69) is 10.6 Å². The summed E-state index contributed by atoms with van der Waals surface area (Å²) in [5, 5.41) is 5.98. The van der Waals surface area contributed by atoms with E-state index in [4.69, 9.17) is 23.2 Å². The van der Waals surface area contributed by atoms with Gasteiger partial charge in [-0.15, -0.1) is 0 Å². The lowest BCUT2D eigenvalue weighted by Crippen LogP contribution is -2.37. The summed E-state index contributed by atoms with van der Waals surface area (Å²) >= 11 is 12.3. The lowest BCUT2D eigenvalue weighted by molar-refractivity contribution is -0.122. The van der Waals surface area contributed by atoms with Gasteiger partial charge in [-0.25, -0.2) is 0 Å². The summed E-state index contributed by atoms with van der Waals surface area (Å²) in [6, 6.07) is 10.1. The maximum absolute atomic E-state index is 12.4. The molecule has 0 unspecified atom stereocenters. The first-order valence-electron chi connectivity index (χ1n) is 8.73. The highest BCUT2D eigenvalue weighted by Crippen LogP contribution is 2.32. The van der Waals surface area contributed by atoms with Crippen molar-refractivity contribution >= 4 is 52.7 Å². The zero-order valence-corrected chi connectivity index (χ0v) is 17.8. The average molecular weight is 434 g/mol. The van der Waals surface area contributed by atoms with E-state index in [9.17, 15) is 14.4 Å². The molecule has 3 amide bonds.